The molecule has 1 amide bonds. The molecule has 4 rings (SSSR count). The number of nitrogens with one attached hydrogen (secondary N) is 1. The van der Waals surface area contributed by atoms with E-state index in [9.17, 15) is 4.79 Å². The number of hydrogen-bond donors (Lipinski definition) is 2. The summed E-state index contributed by atoms with van der Waals surface area (Å²) in [5.41, 5.74) is 2.44. The van der Waals surface area contributed by atoms with E-state index in [1.807, 2.05) is 0 Å². The molecule has 4 nitrogen and oxygen atoms in total. The normalized spacial score (nSPS) is 35.9. The second-order valence-electron chi connectivity index (χ2n) is 15.3. The van der Waals surface area contributed by atoms with Gasteiger partial charge in [0.1, 0.15) is 6.10 Å². The Balaban J connectivity index is 1.26. The number of fused-ring (bicyclic) bond motifs is 5. The Morgan fingerprint density at radius 2 is 1.70 bits per heavy atom. The minimum atomic E-state index is -0.226. The van der Waals surface area contributed by atoms with E-state index in [-0.39, 0.29) is 12.2 Å². The maximum absolute atomic E-state index is 12.5. The molecule has 0 spiro atoms. The Morgan fingerprint density at radius 3 is 2.45 bits per heavy atom. The molecule has 8 atom stereocenters. The number of ether oxygens (including phenoxy) is 1. The molecule has 40 heavy (non-hydrogen) atoms. The Labute approximate surface area is 246 Å². The molecule has 3 fully saturated rings. The predicted octanol–water partition coefficient (Wildman–Crippen LogP) is 9.46. The second-order valence-corrected chi connectivity index (χ2v) is 15.3. The summed E-state index contributed by atoms with van der Waals surface area (Å²) in [6, 6.07) is 0. The highest BCUT2D eigenvalue weighted by Gasteiger charge is 2.59. The molecular weight excluding hydrogens is 494 g/mol. The van der Waals surface area contributed by atoms with Crippen molar-refractivity contribution in [2.24, 2.45) is 46.3 Å². The SMILES string of the molecule is CC(C)CCC[C@H](C)[C@@H]1CCC2C3CC=C4CC(OC(=O)NCCCCCCCCO)CCC4(C)C3CC[C@]21C. The molecule has 0 aliphatic heterocycles. The zero-order valence-corrected chi connectivity index (χ0v) is 26.8. The van der Waals surface area contributed by atoms with Crippen molar-refractivity contribution in [2.75, 3.05) is 13.2 Å². The largest absolute Gasteiger partial charge is 0.446 e. The Kier molecular flexibility index (Phi) is 11.5. The molecule has 2 N–H and O–H groups in total. The number of amides is 1. The summed E-state index contributed by atoms with van der Waals surface area (Å²) in [4.78, 5) is 12.5. The van der Waals surface area contributed by atoms with Crippen molar-refractivity contribution >= 4 is 6.09 Å². The van der Waals surface area contributed by atoms with Gasteiger partial charge in [-0.15, -0.1) is 0 Å². The third-order valence-corrected chi connectivity index (χ3v) is 12.4. The smallest absolute Gasteiger partial charge is 0.407 e. The summed E-state index contributed by atoms with van der Waals surface area (Å²) in [5.74, 6) is 5.17. The van der Waals surface area contributed by atoms with Gasteiger partial charge in [-0.1, -0.05) is 91.2 Å². The summed E-state index contributed by atoms with van der Waals surface area (Å²) in [7, 11) is 0. The van der Waals surface area contributed by atoms with Gasteiger partial charge in [-0.25, -0.2) is 4.79 Å². The van der Waals surface area contributed by atoms with Crippen LogP contribution in [0, 0.1) is 46.3 Å². The lowest BCUT2D eigenvalue weighted by atomic mass is 9.47. The predicted molar refractivity (Wildman–Crippen MR) is 166 cm³/mol. The number of carbonyl (C=O) groups excluding carboxylic acids is 1. The lowest BCUT2D eigenvalue weighted by molar-refractivity contribution is -0.0581. The number of rotatable bonds is 14. The Bertz CT molecular complexity index is 838. The number of hydrogen-bond acceptors (Lipinski definition) is 3. The van der Waals surface area contributed by atoms with Crippen molar-refractivity contribution in [3.8, 4) is 0 Å². The van der Waals surface area contributed by atoms with Gasteiger partial charge in [0.25, 0.3) is 0 Å². The topological polar surface area (TPSA) is 58.6 Å². The lowest BCUT2D eigenvalue weighted by Gasteiger charge is -2.58. The Hall–Kier alpha value is -1.03. The first-order valence-electron chi connectivity index (χ1n) is 17.4. The van der Waals surface area contributed by atoms with E-state index < -0.39 is 0 Å². The van der Waals surface area contributed by atoms with Gasteiger partial charge in [-0.05, 0) is 104 Å². The molecule has 0 aromatic heterocycles. The van der Waals surface area contributed by atoms with E-state index in [1.54, 1.807) is 5.57 Å². The van der Waals surface area contributed by atoms with E-state index in [0.29, 0.717) is 24.0 Å². The van der Waals surface area contributed by atoms with Crippen LogP contribution in [0.15, 0.2) is 11.6 Å². The molecule has 0 saturated heterocycles. The first kappa shape index (κ1) is 31.9. The van der Waals surface area contributed by atoms with Crippen LogP contribution >= 0.6 is 0 Å². The van der Waals surface area contributed by atoms with Crippen LogP contribution in [0.2, 0.25) is 0 Å². The first-order chi connectivity index (χ1) is 19.2. The van der Waals surface area contributed by atoms with Crippen LogP contribution in [0.4, 0.5) is 4.79 Å². The van der Waals surface area contributed by atoms with Crippen molar-refractivity contribution in [3.05, 3.63) is 11.6 Å². The average Bonchev–Trinajstić information content (AvgIpc) is 3.27. The van der Waals surface area contributed by atoms with Crippen molar-refractivity contribution < 1.29 is 14.6 Å². The van der Waals surface area contributed by atoms with Crippen molar-refractivity contribution in [1.82, 2.24) is 5.32 Å². The molecular formula is C36H63NO3. The van der Waals surface area contributed by atoms with Gasteiger partial charge >= 0.3 is 6.09 Å². The van der Waals surface area contributed by atoms with Gasteiger partial charge in [0.15, 0.2) is 0 Å². The number of aliphatic hydroxyl groups excluding tert-OH is 1. The van der Waals surface area contributed by atoms with Gasteiger partial charge in [0.05, 0.1) is 0 Å². The molecule has 4 aliphatic rings. The third-order valence-electron chi connectivity index (χ3n) is 12.4. The molecule has 0 aromatic carbocycles. The van der Waals surface area contributed by atoms with Crippen molar-refractivity contribution in [1.29, 1.82) is 0 Å². The quantitative estimate of drug-likeness (QED) is 0.165. The van der Waals surface area contributed by atoms with Gasteiger partial charge in [0.2, 0.25) is 0 Å². The lowest BCUT2D eigenvalue weighted by Crippen LogP contribution is -2.51. The zero-order chi connectivity index (χ0) is 28.8. The number of carbonyl (C=O) groups is 1. The molecule has 4 heteroatoms. The molecule has 0 radical (unpaired) electrons. The fraction of sp³-hybridized carbons (Fsp3) is 0.917. The standard InChI is InChI=1S/C36H63NO3/c1-26(2)13-12-14-27(3)31-17-18-32-30-16-15-28-25-29(19-21-35(28,4)33(30)20-22-36(31,32)5)40-34(39)37-23-10-8-6-7-9-11-24-38/h15,26-27,29-33,38H,6-14,16-25H2,1-5H3,(H,37,39)/t27-,29?,30?,31-,32?,33?,35?,36-/m0/s1. The van der Waals surface area contributed by atoms with E-state index in [0.717, 1.165) is 74.0 Å². The molecule has 3 saturated carbocycles. The van der Waals surface area contributed by atoms with Gasteiger partial charge in [-0.2, -0.15) is 0 Å². The minimum Gasteiger partial charge on any atom is -0.446 e. The minimum absolute atomic E-state index is 0.0331. The van der Waals surface area contributed by atoms with Crippen LogP contribution in [0.1, 0.15) is 144 Å². The van der Waals surface area contributed by atoms with Crippen molar-refractivity contribution in [2.45, 2.75) is 150 Å². The summed E-state index contributed by atoms with van der Waals surface area (Å²) in [5, 5.41) is 11.9. The highest BCUT2D eigenvalue weighted by Crippen LogP contribution is 2.67. The van der Waals surface area contributed by atoms with Crippen LogP contribution in [-0.2, 0) is 4.74 Å². The summed E-state index contributed by atoms with van der Waals surface area (Å²) in [6.07, 6.45) is 23.2. The highest BCUT2D eigenvalue weighted by atomic mass is 16.6. The van der Waals surface area contributed by atoms with Gasteiger partial charge < -0.3 is 15.2 Å². The summed E-state index contributed by atoms with van der Waals surface area (Å²) >= 11 is 0. The molecule has 5 unspecified atom stereocenters. The third kappa shape index (κ3) is 7.30. The van der Waals surface area contributed by atoms with Crippen LogP contribution in [0.5, 0.6) is 0 Å². The Morgan fingerprint density at radius 1 is 0.950 bits per heavy atom. The number of unbranched alkanes of at least 4 members (excludes halogenated alkanes) is 5. The summed E-state index contributed by atoms with van der Waals surface area (Å²) in [6.45, 7) is 13.6. The number of alkyl carbamates (subject to hydrolysis) is 1. The van der Waals surface area contributed by atoms with Crippen LogP contribution in [0.3, 0.4) is 0 Å². The van der Waals surface area contributed by atoms with Gasteiger partial charge in [0, 0.05) is 19.6 Å². The van der Waals surface area contributed by atoms with Crippen LogP contribution in [-0.4, -0.2) is 30.5 Å². The molecule has 0 aromatic rings. The molecule has 230 valence electrons. The number of allylic oxidation sites excluding steroid dienone is 1. The molecule has 0 heterocycles. The maximum atomic E-state index is 12.5. The molecule has 0 bridgehead atoms. The van der Waals surface area contributed by atoms with Crippen molar-refractivity contribution in [3.63, 3.8) is 0 Å². The van der Waals surface area contributed by atoms with E-state index >= 15 is 0 Å². The highest BCUT2D eigenvalue weighted by molar-refractivity contribution is 5.67. The second kappa shape index (κ2) is 14.4. The van der Waals surface area contributed by atoms with E-state index in [4.69, 9.17) is 9.84 Å². The fourth-order valence-corrected chi connectivity index (χ4v) is 10.1. The maximum Gasteiger partial charge on any atom is 0.407 e. The van der Waals surface area contributed by atoms with E-state index in [1.165, 1.54) is 70.6 Å². The monoisotopic (exact) mass is 557 g/mol. The summed E-state index contributed by atoms with van der Waals surface area (Å²) < 4.78 is 5.94. The first-order valence-corrected chi connectivity index (χ1v) is 17.4. The van der Waals surface area contributed by atoms with Crippen LogP contribution < -0.4 is 5.32 Å². The van der Waals surface area contributed by atoms with Gasteiger partial charge in [-0.3, -0.25) is 0 Å². The molecule has 4 aliphatic carbocycles. The fourth-order valence-electron chi connectivity index (χ4n) is 10.1. The van der Waals surface area contributed by atoms with Crippen LogP contribution in [0.25, 0.3) is 0 Å². The average molecular weight is 558 g/mol. The zero-order valence-electron chi connectivity index (χ0n) is 26.8. The number of aliphatic hydroxyl groups is 1. The van der Waals surface area contributed by atoms with E-state index in [2.05, 4.69) is 46.0 Å².